The minimum atomic E-state index is -0.904. The van der Waals surface area contributed by atoms with Crippen LogP contribution in [0.15, 0.2) is 24.3 Å². The van der Waals surface area contributed by atoms with Crippen molar-refractivity contribution in [1.29, 1.82) is 0 Å². The van der Waals surface area contributed by atoms with Crippen molar-refractivity contribution < 1.29 is 19.6 Å². The van der Waals surface area contributed by atoms with Gasteiger partial charge in [0.15, 0.2) is 0 Å². The Kier molecular flexibility index (Phi) is 4.52. The van der Waals surface area contributed by atoms with Crippen molar-refractivity contribution in [2.75, 3.05) is 13.1 Å². The van der Waals surface area contributed by atoms with E-state index in [9.17, 15) is 19.7 Å². The third-order valence-corrected chi connectivity index (χ3v) is 3.65. The molecule has 0 saturated carbocycles. The number of nitro benzene ring substituents is 1. The summed E-state index contributed by atoms with van der Waals surface area (Å²) in [6.45, 7) is 0.679. The van der Waals surface area contributed by atoms with Crippen molar-refractivity contribution in [3.63, 3.8) is 0 Å². The Balaban J connectivity index is 2.08. The standard InChI is InChI=1S/C14H16N2O5/c17-13(15-7-3-5-11(9-15)14(18)19)8-10-4-1-2-6-12(10)16(20)21/h1-2,4,6,11H,3,5,7-9H2,(H,18,19)/t11-/m0/s1. The van der Waals surface area contributed by atoms with Gasteiger partial charge in [-0.3, -0.25) is 19.7 Å². The summed E-state index contributed by atoms with van der Waals surface area (Å²) in [7, 11) is 0. The van der Waals surface area contributed by atoms with Gasteiger partial charge in [0, 0.05) is 24.7 Å². The number of piperidine rings is 1. The summed E-state index contributed by atoms with van der Waals surface area (Å²) in [6.07, 6.45) is 1.12. The van der Waals surface area contributed by atoms with E-state index < -0.39 is 16.8 Å². The van der Waals surface area contributed by atoms with E-state index in [2.05, 4.69) is 0 Å². The smallest absolute Gasteiger partial charge is 0.308 e. The van der Waals surface area contributed by atoms with E-state index in [0.29, 0.717) is 24.9 Å². The number of likely N-dealkylation sites (tertiary alicyclic amines) is 1. The molecule has 1 aliphatic heterocycles. The molecule has 0 spiro atoms. The lowest BCUT2D eigenvalue weighted by molar-refractivity contribution is -0.385. The van der Waals surface area contributed by atoms with Crippen LogP contribution in [-0.2, 0) is 16.0 Å². The molecule has 0 bridgehead atoms. The van der Waals surface area contributed by atoms with E-state index in [0.717, 1.165) is 0 Å². The lowest BCUT2D eigenvalue weighted by Crippen LogP contribution is -2.43. The number of carbonyl (C=O) groups is 2. The molecule has 7 nitrogen and oxygen atoms in total. The highest BCUT2D eigenvalue weighted by Crippen LogP contribution is 2.21. The topological polar surface area (TPSA) is 101 Å². The first-order valence-electron chi connectivity index (χ1n) is 6.72. The second-order valence-electron chi connectivity index (χ2n) is 5.08. The van der Waals surface area contributed by atoms with Gasteiger partial charge in [0.2, 0.25) is 5.91 Å². The first-order valence-corrected chi connectivity index (χ1v) is 6.72. The number of hydrogen-bond donors (Lipinski definition) is 1. The quantitative estimate of drug-likeness (QED) is 0.668. The zero-order valence-electron chi connectivity index (χ0n) is 11.4. The molecule has 1 atom stereocenters. The van der Waals surface area contributed by atoms with Crippen LogP contribution >= 0.6 is 0 Å². The number of hydrogen-bond acceptors (Lipinski definition) is 4. The predicted octanol–water partition coefficient (Wildman–Crippen LogP) is 1.46. The van der Waals surface area contributed by atoms with Crippen molar-refractivity contribution in [3.05, 3.63) is 39.9 Å². The Morgan fingerprint density at radius 1 is 1.38 bits per heavy atom. The van der Waals surface area contributed by atoms with Crippen molar-refractivity contribution >= 4 is 17.6 Å². The van der Waals surface area contributed by atoms with Gasteiger partial charge in [-0.25, -0.2) is 0 Å². The number of nitro groups is 1. The molecule has 1 amide bonds. The van der Waals surface area contributed by atoms with Crippen LogP contribution < -0.4 is 0 Å². The maximum absolute atomic E-state index is 12.2. The Morgan fingerprint density at radius 2 is 2.10 bits per heavy atom. The fourth-order valence-corrected chi connectivity index (χ4v) is 2.52. The van der Waals surface area contributed by atoms with Crippen LogP contribution in [0.25, 0.3) is 0 Å². The van der Waals surface area contributed by atoms with Crippen molar-refractivity contribution in [2.45, 2.75) is 19.3 Å². The number of carboxylic acids is 1. The van der Waals surface area contributed by atoms with E-state index in [4.69, 9.17) is 5.11 Å². The minimum Gasteiger partial charge on any atom is -0.481 e. The van der Waals surface area contributed by atoms with Gasteiger partial charge in [0.25, 0.3) is 5.69 Å². The molecule has 0 aromatic heterocycles. The SMILES string of the molecule is O=C(O)[C@H]1CCCN(C(=O)Cc2ccccc2[N+](=O)[O-])C1. The van der Waals surface area contributed by atoms with Crippen LogP contribution in [0.1, 0.15) is 18.4 Å². The molecule has 1 saturated heterocycles. The molecule has 2 rings (SSSR count). The minimum absolute atomic E-state index is 0.0799. The van der Waals surface area contributed by atoms with Crippen LogP contribution in [0.5, 0.6) is 0 Å². The van der Waals surface area contributed by atoms with E-state index in [1.807, 2.05) is 0 Å². The average Bonchev–Trinajstić information content (AvgIpc) is 2.47. The maximum atomic E-state index is 12.2. The highest BCUT2D eigenvalue weighted by atomic mass is 16.6. The highest BCUT2D eigenvalue weighted by molar-refractivity contribution is 5.81. The summed E-state index contributed by atoms with van der Waals surface area (Å²) < 4.78 is 0. The Hall–Kier alpha value is -2.44. The summed E-state index contributed by atoms with van der Waals surface area (Å²) >= 11 is 0. The zero-order chi connectivity index (χ0) is 15.4. The number of aliphatic carboxylic acids is 1. The fourth-order valence-electron chi connectivity index (χ4n) is 2.52. The van der Waals surface area contributed by atoms with E-state index >= 15 is 0 Å². The second-order valence-corrected chi connectivity index (χ2v) is 5.08. The van der Waals surface area contributed by atoms with Crippen molar-refractivity contribution in [1.82, 2.24) is 4.90 Å². The van der Waals surface area contributed by atoms with Crippen LogP contribution in [0.3, 0.4) is 0 Å². The van der Waals surface area contributed by atoms with Crippen LogP contribution in [0, 0.1) is 16.0 Å². The van der Waals surface area contributed by atoms with Crippen LogP contribution in [0.2, 0.25) is 0 Å². The number of rotatable bonds is 4. The largest absolute Gasteiger partial charge is 0.481 e. The molecule has 0 unspecified atom stereocenters. The van der Waals surface area contributed by atoms with Gasteiger partial charge < -0.3 is 10.0 Å². The lowest BCUT2D eigenvalue weighted by atomic mass is 9.97. The zero-order valence-corrected chi connectivity index (χ0v) is 11.4. The van der Waals surface area contributed by atoms with Crippen molar-refractivity contribution in [2.24, 2.45) is 5.92 Å². The maximum Gasteiger partial charge on any atom is 0.308 e. The third kappa shape index (κ3) is 3.56. The molecule has 1 heterocycles. The molecule has 21 heavy (non-hydrogen) atoms. The fraction of sp³-hybridized carbons (Fsp3) is 0.429. The first kappa shape index (κ1) is 15.0. The van der Waals surface area contributed by atoms with Gasteiger partial charge in [-0.1, -0.05) is 18.2 Å². The van der Waals surface area contributed by atoms with Crippen LogP contribution in [-0.4, -0.2) is 39.9 Å². The summed E-state index contributed by atoms with van der Waals surface area (Å²) in [6, 6.07) is 6.10. The average molecular weight is 292 g/mol. The molecule has 0 aliphatic carbocycles. The Bertz CT molecular complexity index is 572. The highest BCUT2D eigenvalue weighted by Gasteiger charge is 2.28. The van der Waals surface area contributed by atoms with Gasteiger partial charge in [0.1, 0.15) is 0 Å². The van der Waals surface area contributed by atoms with Gasteiger partial charge in [0.05, 0.1) is 17.3 Å². The summed E-state index contributed by atoms with van der Waals surface area (Å²) in [4.78, 5) is 35.1. The summed E-state index contributed by atoms with van der Waals surface area (Å²) in [5.41, 5.74) is 0.266. The molecule has 1 aliphatic rings. The lowest BCUT2D eigenvalue weighted by Gasteiger charge is -2.30. The number of benzene rings is 1. The molecule has 0 radical (unpaired) electrons. The molecule has 1 aromatic carbocycles. The first-order chi connectivity index (χ1) is 9.99. The molecular weight excluding hydrogens is 276 g/mol. The molecule has 7 heteroatoms. The molecular formula is C14H16N2O5. The number of nitrogens with zero attached hydrogens (tertiary/aromatic N) is 2. The number of carboxylic acid groups (broad SMARTS) is 1. The third-order valence-electron chi connectivity index (χ3n) is 3.65. The van der Waals surface area contributed by atoms with Gasteiger partial charge in [-0.05, 0) is 12.8 Å². The number of para-hydroxylation sites is 1. The molecule has 1 N–H and O–H groups in total. The van der Waals surface area contributed by atoms with E-state index in [-0.39, 0.29) is 24.6 Å². The number of amides is 1. The predicted molar refractivity (Wildman–Crippen MR) is 73.7 cm³/mol. The van der Waals surface area contributed by atoms with Crippen molar-refractivity contribution in [3.8, 4) is 0 Å². The molecule has 112 valence electrons. The van der Waals surface area contributed by atoms with E-state index in [1.165, 1.54) is 11.0 Å². The van der Waals surface area contributed by atoms with Gasteiger partial charge in [-0.2, -0.15) is 0 Å². The second kappa shape index (κ2) is 6.34. The van der Waals surface area contributed by atoms with Gasteiger partial charge in [-0.15, -0.1) is 0 Å². The Labute approximate surface area is 121 Å². The van der Waals surface area contributed by atoms with Crippen LogP contribution in [0.4, 0.5) is 5.69 Å². The normalized spacial score (nSPS) is 18.3. The number of carbonyl (C=O) groups excluding carboxylic acids is 1. The molecule has 1 fully saturated rings. The molecule has 1 aromatic rings. The van der Waals surface area contributed by atoms with Gasteiger partial charge >= 0.3 is 5.97 Å². The summed E-state index contributed by atoms with van der Waals surface area (Å²) in [5, 5.41) is 19.9. The monoisotopic (exact) mass is 292 g/mol. The van der Waals surface area contributed by atoms with E-state index in [1.54, 1.807) is 18.2 Å². The summed E-state index contributed by atoms with van der Waals surface area (Å²) in [5.74, 6) is -1.72. The Morgan fingerprint density at radius 3 is 2.76 bits per heavy atom.